The van der Waals surface area contributed by atoms with Crippen LogP contribution in [0, 0.1) is 0 Å². The van der Waals surface area contributed by atoms with E-state index in [-0.39, 0.29) is 0 Å². The summed E-state index contributed by atoms with van der Waals surface area (Å²) in [7, 11) is 0. The first-order valence-electron chi connectivity index (χ1n) is 9.86. The van der Waals surface area contributed by atoms with Crippen molar-refractivity contribution in [2.75, 3.05) is 0 Å². The minimum Gasteiger partial charge on any atom is -0.292 e. The molecule has 0 saturated carbocycles. The average molecular weight is 386 g/mol. The van der Waals surface area contributed by atoms with Gasteiger partial charge in [-0.25, -0.2) is 9.97 Å². The number of hydrogen-bond donors (Lipinski definition) is 0. The predicted octanol–water partition coefficient (Wildman–Crippen LogP) is 6.29. The van der Waals surface area contributed by atoms with Crippen LogP contribution in [-0.2, 0) is 0 Å². The number of hydrogen-bond acceptors (Lipinski definition) is 2. The van der Waals surface area contributed by atoms with Gasteiger partial charge in [-0.15, -0.1) is 0 Å². The highest BCUT2D eigenvalue weighted by Gasteiger charge is 2.16. The van der Waals surface area contributed by atoms with Crippen molar-refractivity contribution in [2.24, 2.45) is 0 Å². The smallest absolute Gasteiger partial charge is 0.147 e. The molecule has 142 valence electrons. The second kappa shape index (κ2) is 6.16. The number of nitrogens with zero attached hydrogens (tertiary/aromatic N) is 4. The molecule has 0 aliphatic heterocycles. The number of fused-ring (bicyclic) bond motifs is 9. The molecule has 0 unspecified atom stereocenters. The first-order valence-corrected chi connectivity index (χ1v) is 9.86. The van der Waals surface area contributed by atoms with E-state index in [2.05, 4.69) is 58.4 Å². The fraction of sp³-hybridized carbons (Fsp3) is 0. The Bertz CT molecular complexity index is 1680. The van der Waals surface area contributed by atoms with Gasteiger partial charge in [0.2, 0.25) is 0 Å². The van der Waals surface area contributed by atoms with E-state index in [1.807, 2.05) is 48.6 Å². The highest BCUT2D eigenvalue weighted by atomic mass is 15.1. The largest absolute Gasteiger partial charge is 0.292 e. The summed E-state index contributed by atoms with van der Waals surface area (Å²) in [6, 6.07) is 24.7. The Labute approximate surface area is 172 Å². The predicted molar refractivity (Wildman–Crippen MR) is 125 cm³/mol. The lowest BCUT2D eigenvalue weighted by Gasteiger charge is -2.09. The summed E-state index contributed by atoms with van der Waals surface area (Å²) < 4.78 is 4.37. The van der Waals surface area contributed by atoms with Gasteiger partial charge < -0.3 is 0 Å². The van der Waals surface area contributed by atoms with Gasteiger partial charge in [-0.1, -0.05) is 55.6 Å². The van der Waals surface area contributed by atoms with Crippen molar-refractivity contribution in [3.05, 3.63) is 97.2 Å². The molecule has 0 fully saturated rings. The van der Waals surface area contributed by atoms with Crippen molar-refractivity contribution in [1.82, 2.24) is 18.8 Å². The number of imidazole rings is 2. The lowest BCUT2D eigenvalue weighted by molar-refractivity contribution is 1.19. The van der Waals surface area contributed by atoms with E-state index >= 15 is 0 Å². The Hall–Kier alpha value is -4.18. The third kappa shape index (κ3) is 2.10. The fourth-order valence-corrected chi connectivity index (χ4v) is 4.39. The van der Waals surface area contributed by atoms with Crippen LogP contribution in [0.5, 0.6) is 0 Å². The first-order chi connectivity index (χ1) is 14.8. The molecule has 0 bridgehead atoms. The van der Waals surface area contributed by atoms with Gasteiger partial charge in [0.1, 0.15) is 11.3 Å². The van der Waals surface area contributed by atoms with Crippen LogP contribution in [0.4, 0.5) is 0 Å². The van der Waals surface area contributed by atoms with Crippen LogP contribution in [0.2, 0.25) is 0 Å². The normalized spacial score (nSPS) is 11.6. The lowest BCUT2D eigenvalue weighted by Crippen LogP contribution is -1.98. The zero-order chi connectivity index (χ0) is 20.2. The molecule has 3 aromatic heterocycles. The van der Waals surface area contributed by atoms with Crippen LogP contribution in [0.25, 0.3) is 56.4 Å². The van der Waals surface area contributed by atoms with Gasteiger partial charge in [0.15, 0.2) is 0 Å². The molecule has 0 aliphatic carbocycles. The minimum atomic E-state index is 0.844. The summed E-state index contributed by atoms with van der Waals surface area (Å²) in [6.07, 6.45) is 3.73. The fourth-order valence-electron chi connectivity index (χ4n) is 4.39. The maximum absolute atomic E-state index is 5.01. The van der Waals surface area contributed by atoms with Crippen LogP contribution in [0.15, 0.2) is 86.0 Å². The monoisotopic (exact) mass is 386 g/mol. The molecule has 30 heavy (non-hydrogen) atoms. The van der Waals surface area contributed by atoms with Crippen LogP contribution >= 0.6 is 0 Å². The van der Waals surface area contributed by atoms with E-state index < -0.39 is 0 Å². The lowest BCUT2D eigenvalue weighted by atomic mass is 10.1. The Kier molecular flexibility index (Phi) is 3.44. The van der Waals surface area contributed by atoms with E-state index in [9.17, 15) is 0 Å². The summed E-state index contributed by atoms with van der Waals surface area (Å²) in [5.41, 5.74) is 8.55. The summed E-state index contributed by atoms with van der Waals surface area (Å²) in [5, 5.41) is 1.04. The summed E-state index contributed by atoms with van der Waals surface area (Å²) in [5.74, 6) is 0. The molecule has 4 heteroatoms. The molecule has 0 saturated heterocycles. The number of benzene rings is 3. The number of aromatic nitrogens is 4. The van der Waals surface area contributed by atoms with Crippen molar-refractivity contribution in [1.29, 1.82) is 0 Å². The Morgan fingerprint density at radius 1 is 0.600 bits per heavy atom. The van der Waals surface area contributed by atoms with E-state index in [4.69, 9.17) is 9.97 Å². The third-order valence-corrected chi connectivity index (χ3v) is 5.66. The van der Waals surface area contributed by atoms with Crippen molar-refractivity contribution < 1.29 is 0 Å². The summed E-state index contributed by atoms with van der Waals surface area (Å²) >= 11 is 0. The average Bonchev–Trinajstić information content (AvgIpc) is 3.35. The molecule has 0 aliphatic rings. The molecule has 0 atom stereocenters. The molecular weight excluding hydrogens is 368 g/mol. The zero-order valence-electron chi connectivity index (χ0n) is 16.3. The van der Waals surface area contributed by atoms with Gasteiger partial charge in [0, 0.05) is 10.9 Å². The van der Waals surface area contributed by atoms with Gasteiger partial charge in [-0.05, 0) is 42.5 Å². The molecule has 4 nitrogen and oxygen atoms in total. The first kappa shape index (κ1) is 16.7. The minimum absolute atomic E-state index is 0.844. The zero-order valence-corrected chi connectivity index (χ0v) is 16.3. The van der Waals surface area contributed by atoms with Crippen LogP contribution < -0.4 is 0 Å². The van der Waals surface area contributed by atoms with Gasteiger partial charge in [-0.2, -0.15) is 0 Å². The molecule has 6 rings (SSSR count). The van der Waals surface area contributed by atoms with Crippen LogP contribution in [-0.4, -0.2) is 18.8 Å². The highest BCUT2D eigenvalue weighted by molar-refractivity contribution is 6.00. The highest BCUT2D eigenvalue weighted by Crippen LogP contribution is 2.30. The standard InChI is InChI=1S/C26H18N4/c1-3-17-21(4-2)29-23-15-9-6-12-19(23)28-26(29)18-11-5-8-14-22(18)30-24-16-10-7-13-20(24)27-25(17)30/h3-16H,1-2H2. The van der Waals surface area contributed by atoms with Gasteiger partial charge in [0.05, 0.1) is 33.3 Å². The molecule has 3 heterocycles. The van der Waals surface area contributed by atoms with Crippen molar-refractivity contribution in [2.45, 2.75) is 0 Å². The molecule has 0 amide bonds. The second-order valence-corrected chi connectivity index (χ2v) is 7.24. The topological polar surface area (TPSA) is 34.6 Å². The van der Waals surface area contributed by atoms with Crippen molar-refractivity contribution in [3.8, 4) is 0 Å². The quantitative estimate of drug-likeness (QED) is 0.350. The summed E-state index contributed by atoms with van der Waals surface area (Å²) in [6.45, 7) is 8.26. The molecular formula is C26H18N4. The molecule has 6 aromatic rings. The maximum Gasteiger partial charge on any atom is 0.147 e. The summed E-state index contributed by atoms with van der Waals surface area (Å²) in [4.78, 5) is 10.0. The Morgan fingerprint density at radius 2 is 1.17 bits per heavy atom. The van der Waals surface area contributed by atoms with Gasteiger partial charge in [0.25, 0.3) is 0 Å². The van der Waals surface area contributed by atoms with Crippen molar-refractivity contribution in [3.63, 3.8) is 0 Å². The molecule has 0 N–H and O–H groups in total. The Balaban J connectivity index is 2.10. The van der Waals surface area contributed by atoms with Gasteiger partial charge >= 0.3 is 0 Å². The van der Waals surface area contributed by atoms with E-state index in [0.717, 1.165) is 55.5 Å². The number of rotatable bonds is 2. The molecule has 3 aromatic carbocycles. The van der Waals surface area contributed by atoms with Crippen LogP contribution in [0.3, 0.4) is 0 Å². The van der Waals surface area contributed by atoms with E-state index in [1.54, 1.807) is 0 Å². The van der Waals surface area contributed by atoms with E-state index in [1.165, 1.54) is 0 Å². The second-order valence-electron chi connectivity index (χ2n) is 7.24. The molecule has 0 spiro atoms. The third-order valence-electron chi connectivity index (χ3n) is 5.66. The maximum atomic E-state index is 5.01. The van der Waals surface area contributed by atoms with Crippen LogP contribution in [0.1, 0.15) is 11.3 Å². The van der Waals surface area contributed by atoms with Gasteiger partial charge in [-0.3, -0.25) is 8.80 Å². The SMILES string of the molecule is C=Cc1c(C=C)n2c3ccccc3nc2c2ccccc2n2c1nc1ccccc12. The van der Waals surface area contributed by atoms with E-state index in [0.29, 0.717) is 0 Å². The number of para-hydroxylation sites is 5. The Morgan fingerprint density at radius 3 is 1.83 bits per heavy atom. The molecule has 0 radical (unpaired) electrons. The van der Waals surface area contributed by atoms with Crippen molar-refractivity contribution >= 4 is 56.4 Å².